The third-order valence-electron chi connectivity index (χ3n) is 5.20. The highest BCUT2D eigenvalue weighted by molar-refractivity contribution is 5.96. The van der Waals surface area contributed by atoms with Crippen molar-refractivity contribution in [3.8, 4) is 0 Å². The molecule has 0 aliphatic carbocycles. The molecule has 2 aromatic rings. The number of aryl methyl sites for hydroxylation is 2. The first-order chi connectivity index (χ1) is 13.5. The monoisotopic (exact) mass is 379 g/mol. The molecule has 2 N–H and O–H groups in total. The number of hydrogen-bond acceptors (Lipinski definition) is 3. The minimum absolute atomic E-state index is 0.0746. The number of para-hydroxylation sites is 1. The molecule has 0 saturated carbocycles. The number of anilines is 2. The molecule has 2 aromatic carbocycles. The molecule has 5 heteroatoms. The quantitative estimate of drug-likeness (QED) is 0.811. The Hall–Kier alpha value is -2.82. The highest BCUT2D eigenvalue weighted by atomic mass is 16.2. The van der Waals surface area contributed by atoms with Crippen LogP contribution in [0.3, 0.4) is 0 Å². The van der Waals surface area contributed by atoms with Gasteiger partial charge >= 0.3 is 0 Å². The van der Waals surface area contributed by atoms with Crippen molar-refractivity contribution in [3.05, 3.63) is 59.2 Å². The summed E-state index contributed by atoms with van der Waals surface area (Å²) in [6, 6.07) is 13.4. The minimum atomic E-state index is -0.110. The van der Waals surface area contributed by atoms with Crippen molar-refractivity contribution in [2.24, 2.45) is 0 Å². The van der Waals surface area contributed by atoms with Crippen LogP contribution in [0.4, 0.5) is 11.4 Å². The lowest BCUT2D eigenvalue weighted by atomic mass is 10.1. The summed E-state index contributed by atoms with van der Waals surface area (Å²) >= 11 is 0. The van der Waals surface area contributed by atoms with Gasteiger partial charge in [-0.05, 0) is 56.0 Å². The summed E-state index contributed by atoms with van der Waals surface area (Å²) in [5.41, 5.74) is 4.38. The molecule has 0 unspecified atom stereocenters. The van der Waals surface area contributed by atoms with E-state index in [2.05, 4.69) is 10.6 Å². The van der Waals surface area contributed by atoms with E-state index in [0.717, 1.165) is 48.4 Å². The predicted octanol–water partition coefficient (Wildman–Crippen LogP) is 4.37. The number of nitrogens with one attached hydrogen (secondary N) is 2. The number of likely N-dealkylation sites (tertiary alicyclic amines) is 1. The van der Waals surface area contributed by atoms with Gasteiger partial charge in [-0.25, -0.2) is 0 Å². The van der Waals surface area contributed by atoms with Crippen LogP contribution < -0.4 is 10.6 Å². The fraction of sp³-hybridized carbons (Fsp3) is 0.391. The highest BCUT2D eigenvalue weighted by Gasteiger charge is 2.17. The Morgan fingerprint density at radius 3 is 2.25 bits per heavy atom. The van der Waals surface area contributed by atoms with Crippen LogP contribution in [0.5, 0.6) is 0 Å². The molecule has 0 aromatic heterocycles. The molecule has 2 amide bonds. The Morgan fingerprint density at radius 2 is 1.57 bits per heavy atom. The average Bonchev–Trinajstić information content (AvgIpc) is 2.98. The number of nitrogens with zero attached hydrogens (tertiary/aromatic N) is 1. The molecule has 0 bridgehead atoms. The highest BCUT2D eigenvalue weighted by Crippen LogP contribution is 2.20. The largest absolute Gasteiger partial charge is 0.376 e. The van der Waals surface area contributed by atoms with Crippen LogP contribution in [0.1, 0.15) is 47.2 Å². The van der Waals surface area contributed by atoms with Crippen LogP contribution in [-0.4, -0.2) is 36.3 Å². The van der Waals surface area contributed by atoms with E-state index >= 15 is 0 Å². The molecule has 1 aliphatic heterocycles. The second-order valence-electron chi connectivity index (χ2n) is 7.46. The van der Waals surface area contributed by atoms with Gasteiger partial charge in [0.05, 0.1) is 6.54 Å². The van der Waals surface area contributed by atoms with Gasteiger partial charge in [-0.3, -0.25) is 9.59 Å². The van der Waals surface area contributed by atoms with Gasteiger partial charge in [-0.1, -0.05) is 37.1 Å². The van der Waals surface area contributed by atoms with Crippen molar-refractivity contribution in [1.82, 2.24) is 4.90 Å². The lowest BCUT2D eigenvalue weighted by molar-refractivity contribution is -0.114. The number of benzene rings is 2. The molecule has 0 spiro atoms. The third-order valence-corrected chi connectivity index (χ3v) is 5.20. The zero-order chi connectivity index (χ0) is 19.9. The zero-order valence-electron chi connectivity index (χ0n) is 16.8. The Kier molecular flexibility index (Phi) is 6.69. The lowest BCUT2D eigenvalue weighted by Crippen LogP contribution is -2.31. The van der Waals surface area contributed by atoms with Crippen molar-refractivity contribution in [2.75, 3.05) is 30.3 Å². The maximum atomic E-state index is 12.8. The summed E-state index contributed by atoms with van der Waals surface area (Å²) in [5, 5.41) is 6.10. The van der Waals surface area contributed by atoms with Crippen LogP contribution in [0.25, 0.3) is 0 Å². The van der Waals surface area contributed by atoms with Crippen LogP contribution in [0, 0.1) is 13.8 Å². The van der Waals surface area contributed by atoms with E-state index in [-0.39, 0.29) is 18.4 Å². The molecule has 1 aliphatic rings. The molecule has 1 fully saturated rings. The van der Waals surface area contributed by atoms with Gasteiger partial charge in [-0.2, -0.15) is 0 Å². The summed E-state index contributed by atoms with van der Waals surface area (Å²) < 4.78 is 0. The predicted molar refractivity (Wildman–Crippen MR) is 114 cm³/mol. The SMILES string of the molecule is Cc1cccc(C)c1NC(=O)CNc1cccc(C(=O)N2CCCCCC2)c1. The van der Waals surface area contributed by atoms with E-state index in [4.69, 9.17) is 0 Å². The number of amides is 2. The van der Waals surface area contributed by atoms with E-state index in [1.54, 1.807) is 0 Å². The first-order valence-corrected chi connectivity index (χ1v) is 10.0. The Bertz CT molecular complexity index is 819. The summed E-state index contributed by atoms with van der Waals surface area (Å²) in [4.78, 5) is 27.1. The van der Waals surface area contributed by atoms with E-state index in [1.807, 2.05) is 61.2 Å². The Morgan fingerprint density at radius 1 is 0.929 bits per heavy atom. The van der Waals surface area contributed by atoms with Crippen LogP contribution in [-0.2, 0) is 4.79 Å². The summed E-state index contributed by atoms with van der Waals surface area (Å²) in [7, 11) is 0. The molecule has 0 atom stereocenters. The van der Waals surface area contributed by atoms with Crippen LogP contribution in [0.2, 0.25) is 0 Å². The second-order valence-corrected chi connectivity index (χ2v) is 7.46. The van der Waals surface area contributed by atoms with E-state index < -0.39 is 0 Å². The number of carbonyl (C=O) groups is 2. The standard InChI is InChI=1S/C23H29N3O2/c1-17-9-7-10-18(2)22(17)25-21(27)16-24-20-12-8-11-19(15-20)23(28)26-13-5-3-4-6-14-26/h7-12,15,24H,3-6,13-14,16H2,1-2H3,(H,25,27). The summed E-state index contributed by atoms with van der Waals surface area (Å²) in [6.07, 6.45) is 4.53. The molecule has 5 nitrogen and oxygen atoms in total. The Balaban J connectivity index is 1.60. The molecule has 1 saturated heterocycles. The number of carbonyl (C=O) groups excluding carboxylic acids is 2. The van der Waals surface area contributed by atoms with Gasteiger partial charge in [0, 0.05) is 30.0 Å². The van der Waals surface area contributed by atoms with Crippen molar-refractivity contribution < 1.29 is 9.59 Å². The van der Waals surface area contributed by atoms with Crippen molar-refractivity contribution >= 4 is 23.2 Å². The molecule has 3 rings (SSSR count). The Labute approximate surface area is 167 Å². The van der Waals surface area contributed by atoms with Gasteiger partial charge in [0.1, 0.15) is 0 Å². The fourth-order valence-electron chi connectivity index (χ4n) is 3.60. The van der Waals surface area contributed by atoms with Crippen molar-refractivity contribution in [3.63, 3.8) is 0 Å². The van der Waals surface area contributed by atoms with Crippen molar-refractivity contribution in [1.29, 1.82) is 0 Å². The van der Waals surface area contributed by atoms with Gasteiger partial charge in [0.15, 0.2) is 0 Å². The number of hydrogen-bond donors (Lipinski definition) is 2. The van der Waals surface area contributed by atoms with Gasteiger partial charge < -0.3 is 15.5 Å². The van der Waals surface area contributed by atoms with Gasteiger partial charge in [-0.15, -0.1) is 0 Å². The maximum Gasteiger partial charge on any atom is 0.253 e. The zero-order valence-corrected chi connectivity index (χ0v) is 16.8. The van der Waals surface area contributed by atoms with E-state index in [0.29, 0.717) is 5.56 Å². The first kappa shape index (κ1) is 19.9. The third kappa shape index (κ3) is 5.12. The van der Waals surface area contributed by atoms with Crippen LogP contribution in [0.15, 0.2) is 42.5 Å². The smallest absolute Gasteiger partial charge is 0.253 e. The normalized spacial score (nSPS) is 14.3. The molecule has 28 heavy (non-hydrogen) atoms. The summed E-state index contributed by atoms with van der Waals surface area (Å²) in [6.45, 7) is 5.76. The number of rotatable bonds is 5. The molecule has 0 radical (unpaired) electrons. The summed E-state index contributed by atoms with van der Waals surface area (Å²) in [5.74, 6) is -0.0350. The maximum absolute atomic E-state index is 12.8. The first-order valence-electron chi connectivity index (χ1n) is 10.0. The molecule has 148 valence electrons. The van der Waals surface area contributed by atoms with E-state index in [9.17, 15) is 9.59 Å². The molecular weight excluding hydrogens is 350 g/mol. The average molecular weight is 380 g/mol. The van der Waals surface area contributed by atoms with Crippen LogP contribution >= 0.6 is 0 Å². The molecule has 1 heterocycles. The molecular formula is C23H29N3O2. The van der Waals surface area contributed by atoms with E-state index in [1.165, 1.54) is 12.8 Å². The fourth-order valence-corrected chi connectivity index (χ4v) is 3.60. The topological polar surface area (TPSA) is 61.4 Å². The van der Waals surface area contributed by atoms with Gasteiger partial charge in [0.2, 0.25) is 5.91 Å². The van der Waals surface area contributed by atoms with Crippen molar-refractivity contribution in [2.45, 2.75) is 39.5 Å². The lowest BCUT2D eigenvalue weighted by Gasteiger charge is -2.20. The minimum Gasteiger partial charge on any atom is -0.376 e. The second kappa shape index (κ2) is 9.40. The van der Waals surface area contributed by atoms with Gasteiger partial charge in [0.25, 0.3) is 5.91 Å².